The molecular formula is C23H20O6. The Balaban J connectivity index is 1.57. The maximum atomic E-state index is 12.2. The van der Waals surface area contributed by atoms with E-state index >= 15 is 0 Å². The Kier molecular flexibility index (Phi) is 6.60. The molecule has 0 saturated carbocycles. The number of hydrogen-bond acceptors (Lipinski definition) is 6. The van der Waals surface area contributed by atoms with Gasteiger partial charge in [-0.05, 0) is 67.6 Å². The van der Waals surface area contributed by atoms with E-state index in [0.29, 0.717) is 28.4 Å². The number of aliphatic hydroxyl groups is 1. The van der Waals surface area contributed by atoms with Gasteiger partial charge in [0.1, 0.15) is 23.9 Å². The molecule has 0 spiro atoms. The van der Waals surface area contributed by atoms with Crippen LogP contribution in [-0.4, -0.2) is 30.3 Å². The van der Waals surface area contributed by atoms with Crippen molar-refractivity contribution in [3.63, 3.8) is 0 Å². The smallest absolute Gasteiger partial charge is 0.343 e. The zero-order valence-electron chi connectivity index (χ0n) is 15.8. The van der Waals surface area contributed by atoms with Crippen LogP contribution >= 0.6 is 0 Å². The van der Waals surface area contributed by atoms with Crippen molar-refractivity contribution in [3.8, 4) is 17.2 Å². The Bertz CT molecular complexity index is 960. The van der Waals surface area contributed by atoms with Crippen molar-refractivity contribution in [2.45, 2.75) is 6.92 Å². The first-order valence-corrected chi connectivity index (χ1v) is 9.00. The monoisotopic (exact) mass is 392 g/mol. The van der Waals surface area contributed by atoms with Crippen molar-refractivity contribution in [2.24, 2.45) is 0 Å². The van der Waals surface area contributed by atoms with E-state index in [1.165, 1.54) is 0 Å². The van der Waals surface area contributed by atoms with Crippen LogP contribution in [0.3, 0.4) is 0 Å². The van der Waals surface area contributed by atoms with Gasteiger partial charge in [0.15, 0.2) is 0 Å². The summed E-state index contributed by atoms with van der Waals surface area (Å²) >= 11 is 0. The average molecular weight is 392 g/mol. The minimum Gasteiger partial charge on any atom is -0.491 e. The number of ether oxygens (including phenoxy) is 3. The van der Waals surface area contributed by atoms with Crippen LogP contribution in [0.5, 0.6) is 17.2 Å². The van der Waals surface area contributed by atoms with Crippen LogP contribution in [-0.2, 0) is 0 Å². The molecule has 0 unspecified atom stereocenters. The Labute approximate surface area is 168 Å². The van der Waals surface area contributed by atoms with Crippen molar-refractivity contribution >= 4 is 11.9 Å². The Morgan fingerprint density at radius 1 is 0.690 bits per heavy atom. The molecule has 0 bridgehead atoms. The van der Waals surface area contributed by atoms with Gasteiger partial charge >= 0.3 is 11.9 Å². The van der Waals surface area contributed by atoms with Crippen LogP contribution in [0.2, 0.25) is 0 Å². The van der Waals surface area contributed by atoms with Gasteiger partial charge in [0, 0.05) is 0 Å². The summed E-state index contributed by atoms with van der Waals surface area (Å²) in [4.78, 5) is 24.4. The Morgan fingerprint density at radius 3 is 1.55 bits per heavy atom. The SMILES string of the molecule is Cc1ccc(C(=O)Oc2ccc(OC(=O)c3ccc(OCCO)cc3)cc2)cc1. The Hall–Kier alpha value is -3.64. The number of rotatable bonds is 7. The van der Waals surface area contributed by atoms with Crippen molar-refractivity contribution < 1.29 is 28.9 Å². The topological polar surface area (TPSA) is 82.1 Å². The molecule has 0 saturated heterocycles. The second-order valence-electron chi connectivity index (χ2n) is 6.21. The molecule has 0 amide bonds. The third-order valence-electron chi connectivity index (χ3n) is 3.98. The maximum absolute atomic E-state index is 12.2. The first-order chi connectivity index (χ1) is 14.0. The molecule has 0 radical (unpaired) electrons. The van der Waals surface area contributed by atoms with Crippen molar-refractivity contribution in [2.75, 3.05) is 13.2 Å². The van der Waals surface area contributed by atoms with E-state index < -0.39 is 11.9 Å². The van der Waals surface area contributed by atoms with E-state index in [4.69, 9.17) is 19.3 Å². The molecule has 1 N–H and O–H groups in total. The third-order valence-corrected chi connectivity index (χ3v) is 3.98. The van der Waals surface area contributed by atoms with E-state index in [0.717, 1.165) is 5.56 Å². The van der Waals surface area contributed by atoms with Gasteiger partial charge < -0.3 is 19.3 Å². The van der Waals surface area contributed by atoms with Gasteiger partial charge in [-0.25, -0.2) is 9.59 Å². The molecule has 148 valence electrons. The van der Waals surface area contributed by atoms with Crippen LogP contribution in [0.1, 0.15) is 26.3 Å². The minimum atomic E-state index is -0.525. The number of aryl methyl sites for hydroxylation is 1. The van der Waals surface area contributed by atoms with Crippen molar-refractivity contribution in [1.29, 1.82) is 0 Å². The molecule has 0 aliphatic rings. The number of aliphatic hydroxyl groups excluding tert-OH is 1. The fourth-order valence-corrected chi connectivity index (χ4v) is 2.45. The van der Waals surface area contributed by atoms with Crippen LogP contribution in [0.4, 0.5) is 0 Å². The summed E-state index contributed by atoms with van der Waals surface area (Å²) in [5, 5.41) is 8.74. The van der Waals surface area contributed by atoms with Crippen LogP contribution < -0.4 is 14.2 Å². The third kappa shape index (κ3) is 5.67. The van der Waals surface area contributed by atoms with E-state index in [1.807, 2.05) is 19.1 Å². The van der Waals surface area contributed by atoms with Crippen LogP contribution in [0.15, 0.2) is 72.8 Å². The molecule has 0 fully saturated rings. The van der Waals surface area contributed by atoms with Crippen LogP contribution in [0, 0.1) is 6.92 Å². The lowest BCUT2D eigenvalue weighted by molar-refractivity contribution is 0.0719. The van der Waals surface area contributed by atoms with E-state index in [2.05, 4.69) is 0 Å². The van der Waals surface area contributed by atoms with Gasteiger partial charge in [0.05, 0.1) is 17.7 Å². The van der Waals surface area contributed by atoms with Gasteiger partial charge in [-0.3, -0.25) is 0 Å². The normalized spacial score (nSPS) is 10.3. The molecule has 3 rings (SSSR count). The molecule has 6 nitrogen and oxygen atoms in total. The lowest BCUT2D eigenvalue weighted by Gasteiger charge is -2.08. The zero-order valence-corrected chi connectivity index (χ0v) is 15.8. The van der Waals surface area contributed by atoms with Gasteiger partial charge in [-0.2, -0.15) is 0 Å². The van der Waals surface area contributed by atoms with E-state index in [9.17, 15) is 9.59 Å². The quantitative estimate of drug-likeness (QED) is 0.486. The predicted molar refractivity (Wildman–Crippen MR) is 107 cm³/mol. The lowest BCUT2D eigenvalue weighted by atomic mass is 10.1. The molecule has 6 heteroatoms. The highest BCUT2D eigenvalue weighted by Gasteiger charge is 2.11. The molecule has 0 aliphatic heterocycles. The molecule has 0 atom stereocenters. The molecule has 0 aromatic heterocycles. The first-order valence-electron chi connectivity index (χ1n) is 9.00. The summed E-state index contributed by atoms with van der Waals surface area (Å²) in [5.41, 5.74) is 1.87. The molecule has 0 heterocycles. The van der Waals surface area contributed by atoms with Gasteiger partial charge in [-0.15, -0.1) is 0 Å². The van der Waals surface area contributed by atoms with Crippen molar-refractivity contribution in [3.05, 3.63) is 89.5 Å². The highest BCUT2D eigenvalue weighted by molar-refractivity contribution is 5.92. The maximum Gasteiger partial charge on any atom is 0.343 e. The fraction of sp³-hybridized carbons (Fsp3) is 0.130. The molecule has 29 heavy (non-hydrogen) atoms. The van der Waals surface area contributed by atoms with Gasteiger partial charge in [-0.1, -0.05) is 17.7 Å². The highest BCUT2D eigenvalue weighted by Crippen LogP contribution is 2.20. The van der Waals surface area contributed by atoms with Gasteiger partial charge in [0.2, 0.25) is 0 Å². The summed E-state index contributed by atoms with van der Waals surface area (Å²) in [6, 6.07) is 19.7. The molecule has 3 aromatic carbocycles. The molecule has 0 aliphatic carbocycles. The molecular weight excluding hydrogens is 372 g/mol. The first kappa shape index (κ1) is 20.1. The summed E-state index contributed by atoms with van der Waals surface area (Å²) in [5.74, 6) is 0.239. The van der Waals surface area contributed by atoms with E-state index in [-0.39, 0.29) is 13.2 Å². The zero-order chi connectivity index (χ0) is 20.6. The molecule has 3 aromatic rings. The second-order valence-corrected chi connectivity index (χ2v) is 6.21. The summed E-state index contributed by atoms with van der Waals surface area (Å²) in [7, 11) is 0. The summed E-state index contributed by atoms with van der Waals surface area (Å²) < 4.78 is 15.9. The lowest BCUT2D eigenvalue weighted by Crippen LogP contribution is -2.09. The summed E-state index contributed by atoms with van der Waals surface area (Å²) in [6.07, 6.45) is 0. The van der Waals surface area contributed by atoms with E-state index in [1.54, 1.807) is 60.7 Å². The number of carbonyl (C=O) groups is 2. The number of carbonyl (C=O) groups excluding carboxylic acids is 2. The second kappa shape index (κ2) is 9.52. The number of benzene rings is 3. The van der Waals surface area contributed by atoms with Crippen LogP contribution in [0.25, 0.3) is 0 Å². The minimum absolute atomic E-state index is 0.0832. The van der Waals surface area contributed by atoms with Gasteiger partial charge in [0.25, 0.3) is 0 Å². The number of hydrogen-bond donors (Lipinski definition) is 1. The van der Waals surface area contributed by atoms with Crippen molar-refractivity contribution in [1.82, 2.24) is 0 Å². The standard InChI is InChI=1S/C23H20O6/c1-16-2-4-17(5-3-16)22(25)28-20-10-12-21(13-11-20)29-23(26)18-6-8-19(9-7-18)27-15-14-24/h2-13,24H,14-15H2,1H3. The highest BCUT2D eigenvalue weighted by atomic mass is 16.5. The predicted octanol–water partition coefficient (Wildman–Crippen LogP) is 3.80. The number of esters is 2. The fourth-order valence-electron chi connectivity index (χ4n) is 2.45. The largest absolute Gasteiger partial charge is 0.491 e. The average Bonchev–Trinajstić information content (AvgIpc) is 2.74. The Morgan fingerprint density at radius 2 is 1.10 bits per heavy atom. The summed E-state index contributed by atoms with van der Waals surface area (Å²) in [6.45, 7) is 2.04.